The second kappa shape index (κ2) is 6.29. The van der Waals surface area contributed by atoms with Gasteiger partial charge in [-0.05, 0) is 6.92 Å². The van der Waals surface area contributed by atoms with Gasteiger partial charge in [0, 0.05) is 20.2 Å². The highest BCUT2D eigenvalue weighted by atomic mass is 32.1. The van der Waals surface area contributed by atoms with E-state index in [1.165, 1.54) is 11.3 Å². The number of nitrogen functional groups attached to an aromatic ring is 1. The van der Waals surface area contributed by atoms with Gasteiger partial charge in [0.05, 0.1) is 6.61 Å². The Balaban J connectivity index is 2.62. The number of nitrogens with one attached hydrogen (secondary N) is 2. The molecule has 4 N–H and O–H groups in total. The van der Waals surface area contributed by atoms with Crippen LogP contribution in [0.2, 0.25) is 0 Å². The molecule has 1 rings (SSSR count). The lowest BCUT2D eigenvalue weighted by atomic mass is 10.4. The number of anilines is 2. The van der Waals surface area contributed by atoms with Gasteiger partial charge in [0.15, 0.2) is 5.13 Å². The second-order valence-corrected chi connectivity index (χ2v) is 4.01. The number of amides is 1. The van der Waals surface area contributed by atoms with Crippen LogP contribution in [0.25, 0.3) is 0 Å². The molecule has 1 amide bonds. The molecule has 0 aliphatic heterocycles. The summed E-state index contributed by atoms with van der Waals surface area (Å²) in [4.78, 5) is 16.0. The van der Waals surface area contributed by atoms with Gasteiger partial charge in [-0.25, -0.2) is 4.98 Å². The van der Waals surface area contributed by atoms with Gasteiger partial charge in [0.1, 0.15) is 10.7 Å². The third kappa shape index (κ3) is 3.35. The van der Waals surface area contributed by atoms with Crippen LogP contribution in [0, 0.1) is 0 Å². The zero-order valence-electron chi connectivity index (χ0n) is 9.37. The Kier molecular flexibility index (Phi) is 5.00. The Morgan fingerprint density at radius 2 is 2.38 bits per heavy atom. The summed E-state index contributed by atoms with van der Waals surface area (Å²) in [5.41, 5.74) is 5.64. The van der Waals surface area contributed by atoms with Gasteiger partial charge in [-0.3, -0.25) is 4.79 Å². The highest BCUT2D eigenvalue weighted by molar-refractivity contribution is 7.18. The summed E-state index contributed by atoms with van der Waals surface area (Å²) in [5.74, 6) is 0.0770. The van der Waals surface area contributed by atoms with E-state index in [4.69, 9.17) is 10.5 Å². The molecule has 0 saturated carbocycles. The average molecular weight is 244 g/mol. The number of ether oxygens (including phenoxy) is 1. The number of aromatic nitrogens is 1. The van der Waals surface area contributed by atoms with E-state index in [0.29, 0.717) is 29.7 Å². The Morgan fingerprint density at radius 1 is 1.62 bits per heavy atom. The van der Waals surface area contributed by atoms with Crippen LogP contribution >= 0.6 is 11.3 Å². The summed E-state index contributed by atoms with van der Waals surface area (Å²) in [6.45, 7) is 3.64. The molecule has 0 saturated heterocycles. The number of carbonyl (C=O) groups excluding carboxylic acids is 1. The van der Waals surface area contributed by atoms with Crippen molar-refractivity contribution in [3.63, 3.8) is 0 Å². The first-order valence-corrected chi connectivity index (χ1v) is 5.78. The van der Waals surface area contributed by atoms with Gasteiger partial charge in [-0.1, -0.05) is 11.3 Å². The number of thiazole rings is 1. The summed E-state index contributed by atoms with van der Waals surface area (Å²) in [6, 6.07) is 0. The zero-order chi connectivity index (χ0) is 12.0. The summed E-state index contributed by atoms with van der Waals surface area (Å²) in [6.07, 6.45) is 0. The monoisotopic (exact) mass is 244 g/mol. The highest BCUT2D eigenvalue weighted by Crippen LogP contribution is 2.24. The summed E-state index contributed by atoms with van der Waals surface area (Å²) in [5, 5.41) is 6.34. The van der Waals surface area contributed by atoms with Crippen molar-refractivity contribution in [3.05, 3.63) is 4.88 Å². The molecule has 1 heterocycles. The van der Waals surface area contributed by atoms with Crippen LogP contribution in [0.15, 0.2) is 0 Å². The van der Waals surface area contributed by atoms with E-state index in [2.05, 4.69) is 15.6 Å². The fraction of sp³-hybridized carbons (Fsp3) is 0.556. The molecule has 90 valence electrons. The van der Waals surface area contributed by atoms with Crippen molar-refractivity contribution in [2.45, 2.75) is 6.92 Å². The molecular formula is C9H16N4O2S. The molecular weight excluding hydrogens is 228 g/mol. The standard InChI is InChI=1S/C9H16N4O2S/c1-3-11-8(14)6-7(10)13-9(16-6)12-4-5-15-2/h3-5,10H2,1-2H3,(H,11,14)(H,12,13). The smallest absolute Gasteiger partial charge is 0.265 e. The summed E-state index contributed by atoms with van der Waals surface area (Å²) >= 11 is 1.24. The number of nitrogens with two attached hydrogens (primary N) is 1. The van der Waals surface area contributed by atoms with Crippen molar-refractivity contribution in [2.75, 3.05) is 37.9 Å². The van der Waals surface area contributed by atoms with Gasteiger partial charge in [-0.2, -0.15) is 0 Å². The van der Waals surface area contributed by atoms with E-state index in [1.807, 2.05) is 6.92 Å². The van der Waals surface area contributed by atoms with Crippen LogP contribution in [0.5, 0.6) is 0 Å². The van der Waals surface area contributed by atoms with E-state index in [9.17, 15) is 4.79 Å². The molecule has 0 spiro atoms. The average Bonchev–Trinajstić information content (AvgIpc) is 2.61. The maximum absolute atomic E-state index is 11.5. The van der Waals surface area contributed by atoms with Crippen molar-refractivity contribution in [2.24, 2.45) is 0 Å². The van der Waals surface area contributed by atoms with E-state index in [0.717, 1.165) is 0 Å². The SMILES string of the molecule is CCNC(=O)c1sc(NCCOC)nc1N. The minimum Gasteiger partial charge on any atom is -0.383 e. The predicted octanol–water partition coefficient (Wildman–Crippen LogP) is 0.533. The lowest BCUT2D eigenvalue weighted by molar-refractivity contribution is 0.0960. The lowest BCUT2D eigenvalue weighted by Gasteiger charge is -1.99. The molecule has 1 aromatic heterocycles. The largest absolute Gasteiger partial charge is 0.383 e. The van der Waals surface area contributed by atoms with Crippen molar-refractivity contribution in [1.29, 1.82) is 0 Å². The molecule has 0 aliphatic carbocycles. The van der Waals surface area contributed by atoms with Crippen LogP contribution < -0.4 is 16.4 Å². The Labute approximate surface area is 98.2 Å². The maximum Gasteiger partial charge on any atom is 0.265 e. The third-order valence-corrected chi connectivity index (χ3v) is 2.81. The van der Waals surface area contributed by atoms with E-state index < -0.39 is 0 Å². The highest BCUT2D eigenvalue weighted by Gasteiger charge is 2.14. The van der Waals surface area contributed by atoms with Crippen molar-refractivity contribution < 1.29 is 9.53 Å². The topological polar surface area (TPSA) is 89.3 Å². The van der Waals surface area contributed by atoms with Crippen molar-refractivity contribution in [3.8, 4) is 0 Å². The molecule has 0 aliphatic rings. The Hall–Kier alpha value is -1.34. The fourth-order valence-corrected chi connectivity index (χ4v) is 1.90. The van der Waals surface area contributed by atoms with Gasteiger partial charge in [0.25, 0.3) is 5.91 Å². The van der Waals surface area contributed by atoms with Crippen molar-refractivity contribution >= 4 is 28.2 Å². The zero-order valence-corrected chi connectivity index (χ0v) is 10.2. The number of rotatable bonds is 6. The molecule has 1 aromatic rings. The number of carbonyl (C=O) groups is 1. The summed E-state index contributed by atoms with van der Waals surface area (Å²) < 4.78 is 4.89. The molecule has 0 bridgehead atoms. The quantitative estimate of drug-likeness (QED) is 0.635. The molecule has 7 heteroatoms. The first kappa shape index (κ1) is 12.7. The molecule has 0 aromatic carbocycles. The van der Waals surface area contributed by atoms with Crippen LogP contribution in [-0.4, -0.2) is 37.7 Å². The van der Waals surface area contributed by atoms with Crippen LogP contribution in [0.4, 0.5) is 10.9 Å². The first-order valence-electron chi connectivity index (χ1n) is 4.96. The van der Waals surface area contributed by atoms with E-state index in [-0.39, 0.29) is 11.7 Å². The molecule has 6 nitrogen and oxygen atoms in total. The number of hydrogen-bond acceptors (Lipinski definition) is 6. The van der Waals surface area contributed by atoms with Gasteiger partial charge in [0.2, 0.25) is 0 Å². The second-order valence-electron chi connectivity index (χ2n) is 3.01. The van der Waals surface area contributed by atoms with E-state index >= 15 is 0 Å². The number of nitrogens with zero attached hydrogens (tertiary/aromatic N) is 1. The summed E-state index contributed by atoms with van der Waals surface area (Å²) in [7, 11) is 1.62. The molecule has 0 fully saturated rings. The number of methoxy groups -OCH3 is 1. The fourth-order valence-electron chi connectivity index (χ4n) is 1.07. The Morgan fingerprint density at radius 3 is 3.00 bits per heavy atom. The first-order chi connectivity index (χ1) is 7.69. The van der Waals surface area contributed by atoms with E-state index in [1.54, 1.807) is 7.11 Å². The minimum atomic E-state index is -0.183. The normalized spacial score (nSPS) is 10.1. The molecule has 16 heavy (non-hydrogen) atoms. The lowest BCUT2D eigenvalue weighted by Crippen LogP contribution is -2.22. The minimum absolute atomic E-state index is 0.183. The molecule has 0 unspecified atom stereocenters. The predicted molar refractivity (Wildman–Crippen MR) is 64.9 cm³/mol. The molecule has 0 atom stereocenters. The van der Waals surface area contributed by atoms with Gasteiger partial charge in [-0.15, -0.1) is 0 Å². The Bertz CT molecular complexity index is 353. The maximum atomic E-state index is 11.5. The van der Waals surface area contributed by atoms with Crippen LogP contribution in [0.1, 0.15) is 16.6 Å². The van der Waals surface area contributed by atoms with Crippen molar-refractivity contribution in [1.82, 2.24) is 10.3 Å². The van der Waals surface area contributed by atoms with Crippen LogP contribution in [0.3, 0.4) is 0 Å². The third-order valence-electron chi connectivity index (χ3n) is 1.78. The van der Waals surface area contributed by atoms with Gasteiger partial charge < -0.3 is 21.1 Å². The number of hydrogen-bond donors (Lipinski definition) is 3. The van der Waals surface area contributed by atoms with Gasteiger partial charge >= 0.3 is 0 Å². The molecule has 0 radical (unpaired) electrons. The van der Waals surface area contributed by atoms with Crippen LogP contribution in [-0.2, 0) is 4.74 Å².